The van der Waals surface area contributed by atoms with Crippen molar-refractivity contribution in [2.75, 3.05) is 0 Å². The zero-order valence-corrected chi connectivity index (χ0v) is 24.7. The van der Waals surface area contributed by atoms with Crippen molar-refractivity contribution in [1.82, 2.24) is 0 Å². The van der Waals surface area contributed by atoms with Crippen molar-refractivity contribution in [1.29, 1.82) is 0 Å². The monoisotopic (exact) mass is 582 g/mol. The number of aryl methyl sites for hydroxylation is 4. The van der Waals surface area contributed by atoms with E-state index in [1.54, 1.807) is 11.1 Å². The van der Waals surface area contributed by atoms with E-state index < -0.39 is 17.1 Å². The molecule has 0 fully saturated rings. The predicted molar refractivity (Wildman–Crippen MR) is 134 cm³/mol. The summed E-state index contributed by atoms with van der Waals surface area (Å²) in [6.07, 6.45) is 13.5. The molecule has 4 rings (SSSR count). The molecule has 2 aromatic rings. The molecule has 2 unspecified atom stereocenters. The fourth-order valence-corrected chi connectivity index (χ4v) is 46.1. The van der Waals surface area contributed by atoms with Crippen LogP contribution in [0.25, 0.3) is 12.2 Å². The van der Waals surface area contributed by atoms with Crippen LogP contribution in [0.15, 0.2) is 36.4 Å². The molecule has 0 N–H and O–H groups in total. The molecular weight excluding hydrogens is 543 g/mol. The number of benzene rings is 2. The van der Waals surface area contributed by atoms with Gasteiger partial charge in [0.2, 0.25) is 0 Å². The molecule has 2 aliphatic carbocycles. The number of unbranched alkanes of at least 4 members (excludes halogenated alkanes) is 1. The van der Waals surface area contributed by atoms with Gasteiger partial charge in [0.1, 0.15) is 0 Å². The molecule has 0 saturated heterocycles. The van der Waals surface area contributed by atoms with Gasteiger partial charge in [-0.25, -0.2) is 0 Å². The normalized spacial score (nSPS) is 19.9. The summed E-state index contributed by atoms with van der Waals surface area (Å²) in [7, 11) is 0. The first-order valence-electron chi connectivity index (χ1n) is 11.8. The third kappa shape index (κ3) is 3.34. The molecule has 0 spiro atoms. The van der Waals surface area contributed by atoms with Gasteiger partial charge < -0.3 is 0 Å². The Hall–Kier alpha value is -0.993. The van der Waals surface area contributed by atoms with Crippen molar-refractivity contribution in [3.8, 4) is 0 Å². The zero-order chi connectivity index (χ0) is 21.7. The van der Waals surface area contributed by atoms with Gasteiger partial charge in [-0.3, -0.25) is 0 Å². The molecule has 0 saturated carbocycles. The first kappa shape index (κ1) is 22.2. The van der Waals surface area contributed by atoms with Gasteiger partial charge in [0.05, 0.1) is 0 Å². The van der Waals surface area contributed by atoms with Crippen molar-refractivity contribution < 1.29 is 17.1 Å². The van der Waals surface area contributed by atoms with E-state index >= 15 is 0 Å². The van der Waals surface area contributed by atoms with Crippen molar-refractivity contribution in [2.45, 2.75) is 70.2 Å². The van der Waals surface area contributed by atoms with Gasteiger partial charge >= 0.3 is 187 Å². The molecule has 0 bridgehead atoms. The van der Waals surface area contributed by atoms with Crippen LogP contribution in [0.5, 0.6) is 0 Å². The van der Waals surface area contributed by atoms with E-state index in [-0.39, 0.29) is 0 Å². The molecule has 0 heterocycles. The minimum absolute atomic E-state index is 0.488. The van der Waals surface area contributed by atoms with Crippen LogP contribution in [0.2, 0.25) is 15.4 Å². The molecule has 0 aromatic heterocycles. The topological polar surface area (TPSA) is 0 Å². The SMILES string of the molecule is CCCC[SiH]=[Hf]([CH3])([CH3])([CH]1C=Cc2c(C)ccc(C)c21)[CH]1C=Cc2c(C)ccc(C)c21. The number of hydrogen-bond donors (Lipinski definition) is 0. The van der Waals surface area contributed by atoms with E-state index in [1.165, 1.54) is 52.3 Å². The second kappa shape index (κ2) is 7.85. The van der Waals surface area contributed by atoms with Crippen LogP contribution in [0.3, 0.4) is 0 Å². The number of hydrogen-bond acceptors (Lipinski definition) is 0. The predicted octanol–water partition coefficient (Wildman–Crippen LogP) is 8.11. The van der Waals surface area contributed by atoms with Crippen molar-refractivity contribution in [3.63, 3.8) is 0 Å². The van der Waals surface area contributed by atoms with Gasteiger partial charge in [0.15, 0.2) is 0 Å². The number of fused-ring (bicyclic) bond motifs is 2. The summed E-state index contributed by atoms with van der Waals surface area (Å²) in [5.41, 5.74) is 12.4. The molecule has 0 amide bonds. The summed E-state index contributed by atoms with van der Waals surface area (Å²) < 4.78 is 7.06. The second-order valence-electron chi connectivity index (χ2n) is 10.8. The van der Waals surface area contributed by atoms with Gasteiger partial charge in [0.25, 0.3) is 0 Å². The van der Waals surface area contributed by atoms with Gasteiger partial charge in [0, 0.05) is 0 Å². The van der Waals surface area contributed by atoms with Crippen molar-refractivity contribution in [3.05, 3.63) is 80.9 Å². The number of allylic oxidation sites excluding steroid dienone is 2. The number of rotatable bonds is 5. The molecule has 2 heteroatoms. The molecule has 158 valence electrons. The van der Waals surface area contributed by atoms with Gasteiger partial charge in [-0.2, -0.15) is 0 Å². The molecular formula is C28H38HfSi. The van der Waals surface area contributed by atoms with Crippen LogP contribution in [-0.2, 0) is 17.1 Å². The molecule has 0 radical (unpaired) electrons. The Bertz CT molecular complexity index is 1060. The molecule has 2 atom stereocenters. The average molecular weight is 581 g/mol. The summed E-state index contributed by atoms with van der Waals surface area (Å²) in [4.78, 5) is 0. The molecule has 0 nitrogen and oxygen atoms in total. The Balaban J connectivity index is 1.98. The summed E-state index contributed by atoms with van der Waals surface area (Å²) in [6, 6.07) is 10.9. The summed E-state index contributed by atoms with van der Waals surface area (Å²) in [5.74, 6) is 0. The average Bonchev–Trinajstić information content (AvgIpc) is 3.35. The van der Waals surface area contributed by atoms with Gasteiger partial charge in [-0.1, -0.05) is 0 Å². The Morgan fingerprint density at radius 3 is 1.60 bits per heavy atom. The molecule has 2 aliphatic rings. The quantitative estimate of drug-likeness (QED) is 0.247. The van der Waals surface area contributed by atoms with Crippen LogP contribution in [0, 0.1) is 27.7 Å². The Labute approximate surface area is 185 Å². The minimum atomic E-state index is -3.43. The summed E-state index contributed by atoms with van der Waals surface area (Å²) in [6.45, 7) is 11.6. The van der Waals surface area contributed by atoms with Gasteiger partial charge in [-0.15, -0.1) is 0 Å². The van der Waals surface area contributed by atoms with Crippen LogP contribution in [0.4, 0.5) is 0 Å². The van der Waals surface area contributed by atoms with E-state index in [2.05, 4.69) is 92.5 Å². The van der Waals surface area contributed by atoms with E-state index in [0.29, 0.717) is 13.6 Å². The molecule has 30 heavy (non-hydrogen) atoms. The standard InChI is InChI=1S/2C11H11.C4H10Si.2CH3.Hf/c2*1-8-6-7-9(2)11-5-3-4-10(8)11;1-2-3-4-5;;;/h2*3-7H,1-2H3;5H,2-4H2,1H3;2*1H3;. The van der Waals surface area contributed by atoms with Crippen LogP contribution in [-0.4, -0.2) is 6.22 Å². The van der Waals surface area contributed by atoms with Crippen molar-refractivity contribution in [2.24, 2.45) is 0 Å². The third-order valence-electron chi connectivity index (χ3n) is 8.29. The Morgan fingerprint density at radius 2 is 1.17 bits per heavy atom. The van der Waals surface area contributed by atoms with Gasteiger partial charge in [-0.05, 0) is 0 Å². The zero-order valence-electron chi connectivity index (χ0n) is 20.0. The third-order valence-corrected chi connectivity index (χ3v) is 50.7. The molecule has 0 aliphatic heterocycles. The summed E-state index contributed by atoms with van der Waals surface area (Å²) in [5, 5.41) is 0. The second-order valence-corrected chi connectivity index (χ2v) is 55.2. The first-order chi connectivity index (χ1) is 14.2. The fourth-order valence-electron chi connectivity index (χ4n) is 6.28. The Kier molecular flexibility index (Phi) is 5.81. The first-order valence-corrected chi connectivity index (χ1v) is 30.7. The van der Waals surface area contributed by atoms with E-state index in [0.717, 1.165) is 0 Å². The Morgan fingerprint density at radius 1 is 0.733 bits per heavy atom. The van der Waals surface area contributed by atoms with Crippen molar-refractivity contribution >= 4 is 18.4 Å². The maximum absolute atomic E-state index is 3.43. The van der Waals surface area contributed by atoms with Crippen LogP contribution >= 0.6 is 0 Å². The fraction of sp³-hybridized carbons (Fsp3) is 0.429. The van der Waals surface area contributed by atoms with Crippen LogP contribution in [0.1, 0.15) is 71.6 Å². The maximum atomic E-state index is 2.85. The van der Waals surface area contributed by atoms with Crippen LogP contribution < -0.4 is 0 Å². The molecule has 2 aromatic carbocycles. The summed E-state index contributed by atoms with van der Waals surface area (Å²) >= 11 is -3.43. The van der Waals surface area contributed by atoms with E-state index in [4.69, 9.17) is 0 Å². The van der Waals surface area contributed by atoms with E-state index in [9.17, 15) is 0 Å². The van der Waals surface area contributed by atoms with E-state index in [1.807, 2.05) is 0 Å².